The number of carboxylic acids is 1. The standard InChI is InChI=1S/C19H22N2O5S/c1-19(2)14(18(24)25)21-16(23)12(17(21)27-19)20-15(22)13-11-8-4-3-6-10(11)7-5-9-26-13/h3-4,6,8,12-14,17H,5,7,9H2,1-2H3,(H,20,22)(H,24,25)/t12-,13?,14+,17-/m1/s1. The van der Waals surface area contributed by atoms with Crippen LogP contribution in [0.4, 0.5) is 0 Å². The van der Waals surface area contributed by atoms with E-state index in [0.29, 0.717) is 6.61 Å². The van der Waals surface area contributed by atoms with Gasteiger partial charge in [0.15, 0.2) is 6.10 Å². The van der Waals surface area contributed by atoms with E-state index in [1.54, 1.807) is 0 Å². The van der Waals surface area contributed by atoms with Crippen LogP contribution in [0, 0.1) is 0 Å². The van der Waals surface area contributed by atoms with Gasteiger partial charge in [-0.1, -0.05) is 24.3 Å². The number of carbonyl (C=O) groups is 3. The van der Waals surface area contributed by atoms with Crippen molar-refractivity contribution in [3.8, 4) is 0 Å². The zero-order valence-electron chi connectivity index (χ0n) is 15.2. The number of nitrogens with zero attached hydrogens (tertiary/aromatic N) is 1. The molecule has 144 valence electrons. The fourth-order valence-electron chi connectivity index (χ4n) is 4.16. The van der Waals surface area contributed by atoms with Gasteiger partial charge in [0.1, 0.15) is 17.5 Å². The number of ether oxygens (including phenoxy) is 1. The normalized spacial score (nSPS) is 31.3. The summed E-state index contributed by atoms with van der Waals surface area (Å²) in [4.78, 5) is 38.4. The van der Waals surface area contributed by atoms with Crippen LogP contribution in [0.2, 0.25) is 0 Å². The Labute approximate surface area is 161 Å². The fourth-order valence-corrected chi connectivity index (χ4v) is 5.79. The number of thioether (sulfide) groups is 1. The van der Waals surface area contributed by atoms with E-state index in [1.807, 2.05) is 38.1 Å². The molecule has 0 bridgehead atoms. The summed E-state index contributed by atoms with van der Waals surface area (Å²) in [5.41, 5.74) is 1.91. The molecule has 0 aromatic heterocycles. The fraction of sp³-hybridized carbons (Fsp3) is 0.526. The number of rotatable bonds is 3. The third-order valence-electron chi connectivity index (χ3n) is 5.42. The lowest BCUT2D eigenvalue weighted by Crippen LogP contribution is -2.71. The summed E-state index contributed by atoms with van der Waals surface area (Å²) in [5, 5.41) is 11.9. The highest BCUT2D eigenvalue weighted by atomic mass is 32.2. The van der Waals surface area contributed by atoms with Crippen LogP contribution in [0.5, 0.6) is 0 Å². The number of aryl methyl sites for hydroxylation is 1. The van der Waals surface area contributed by atoms with Gasteiger partial charge in [0.05, 0.1) is 0 Å². The Bertz CT molecular complexity index is 811. The molecule has 2 saturated heterocycles. The number of carbonyl (C=O) groups excluding carboxylic acids is 2. The SMILES string of the molecule is CC1(C)S[C@@H]2[C@H](NC(=O)C3OCCCc4ccccc43)C(=O)N2[C@H]1C(=O)O. The van der Waals surface area contributed by atoms with Crippen LogP contribution in [0.1, 0.15) is 37.5 Å². The average molecular weight is 390 g/mol. The van der Waals surface area contributed by atoms with Crippen LogP contribution in [0.3, 0.4) is 0 Å². The molecule has 0 spiro atoms. The highest BCUT2D eigenvalue weighted by Crippen LogP contribution is 2.50. The number of benzene rings is 1. The van der Waals surface area contributed by atoms with E-state index in [9.17, 15) is 19.5 Å². The zero-order valence-corrected chi connectivity index (χ0v) is 16.0. The highest BCUT2D eigenvalue weighted by Gasteiger charge is 2.64. The van der Waals surface area contributed by atoms with Crippen molar-refractivity contribution in [2.75, 3.05) is 6.61 Å². The first-order chi connectivity index (χ1) is 12.8. The van der Waals surface area contributed by atoms with Gasteiger partial charge in [0, 0.05) is 11.4 Å². The first kappa shape index (κ1) is 18.3. The molecule has 4 atom stereocenters. The molecule has 3 aliphatic rings. The smallest absolute Gasteiger partial charge is 0.327 e. The first-order valence-corrected chi connectivity index (χ1v) is 9.92. The zero-order chi connectivity index (χ0) is 19.3. The maximum absolute atomic E-state index is 12.9. The lowest BCUT2D eigenvalue weighted by Gasteiger charge is -2.43. The Hall–Kier alpha value is -2.06. The lowest BCUT2D eigenvalue weighted by molar-refractivity contribution is -0.161. The second-order valence-electron chi connectivity index (χ2n) is 7.64. The lowest BCUT2D eigenvalue weighted by atomic mass is 9.95. The van der Waals surface area contributed by atoms with Gasteiger partial charge in [-0.3, -0.25) is 9.59 Å². The molecule has 1 unspecified atom stereocenters. The Morgan fingerprint density at radius 3 is 2.81 bits per heavy atom. The summed E-state index contributed by atoms with van der Waals surface area (Å²) in [7, 11) is 0. The van der Waals surface area contributed by atoms with Crippen molar-refractivity contribution in [2.45, 2.75) is 55.0 Å². The molecule has 0 saturated carbocycles. The maximum Gasteiger partial charge on any atom is 0.327 e. The monoisotopic (exact) mass is 390 g/mol. The summed E-state index contributed by atoms with van der Waals surface area (Å²) in [6.07, 6.45) is 0.938. The molecular formula is C19H22N2O5S. The van der Waals surface area contributed by atoms with Crippen molar-refractivity contribution in [3.05, 3.63) is 35.4 Å². The van der Waals surface area contributed by atoms with E-state index in [0.717, 1.165) is 24.0 Å². The summed E-state index contributed by atoms with van der Waals surface area (Å²) in [6.45, 7) is 4.10. The van der Waals surface area contributed by atoms with E-state index in [-0.39, 0.29) is 17.2 Å². The van der Waals surface area contributed by atoms with Crippen molar-refractivity contribution in [2.24, 2.45) is 0 Å². The molecule has 2 N–H and O–H groups in total. The Morgan fingerprint density at radius 1 is 1.33 bits per heavy atom. The van der Waals surface area contributed by atoms with Crippen LogP contribution in [0.25, 0.3) is 0 Å². The van der Waals surface area contributed by atoms with Gasteiger partial charge in [-0.05, 0) is 37.8 Å². The van der Waals surface area contributed by atoms with E-state index < -0.39 is 28.9 Å². The molecule has 0 aliphatic carbocycles. The Kier molecular flexibility index (Phi) is 4.43. The van der Waals surface area contributed by atoms with Crippen LogP contribution >= 0.6 is 11.8 Å². The molecule has 8 heteroatoms. The minimum Gasteiger partial charge on any atom is -0.480 e. The van der Waals surface area contributed by atoms with Gasteiger partial charge >= 0.3 is 5.97 Å². The number of aliphatic carboxylic acids is 1. The number of β-lactam (4-membered cyclic amide) rings is 1. The summed E-state index contributed by atoms with van der Waals surface area (Å²) in [6, 6.07) is 6.08. The molecular weight excluding hydrogens is 368 g/mol. The van der Waals surface area contributed by atoms with Gasteiger partial charge < -0.3 is 20.1 Å². The summed E-state index contributed by atoms with van der Waals surface area (Å²) >= 11 is 1.41. The molecule has 0 radical (unpaired) electrons. The van der Waals surface area contributed by atoms with Gasteiger partial charge in [0.25, 0.3) is 5.91 Å². The van der Waals surface area contributed by atoms with Crippen LogP contribution in [0.15, 0.2) is 24.3 Å². The number of hydrogen-bond donors (Lipinski definition) is 2. The largest absolute Gasteiger partial charge is 0.480 e. The molecule has 7 nitrogen and oxygen atoms in total. The molecule has 27 heavy (non-hydrogen) atoms. The predicted octanol–water partition coefficient (Wildman–Crippen LogP) is 1.32. The van der Waals surface area contributed by atoms with Crippen molar-refractivity contribution in [1.82, 2.24) is 10.2 Å². The van der Waals surface area contributed by atoms with Gasteiger partial charge in [0.2, 0.25) is 5.91 Å². The highest BCUT2D eigenvalue weighted by molar-refractivity contribution is 8.01. The first-order valence-electron chi connectivity index (χ1n) is 9.04. The van der Waals surface area contributed by atoms with Crippen LogP contribution < -0.4 is 5.32 Å². The number of carboxylic acid groups (broad SMARTS) is 1. The van der Waals surface area contributed by atoms with Crippen molar-refractivity contribution in [3.63, 3.8) is 0 Å². The third-order valence-corrected chi connectivity index (χ3v) is 6.99. The molecule has 4 rings (SSSR count). The Morgan fingerprint density at radius 2 is 2.07 bits per heavy atom. The maximum atomic E-state index is 12.9. The number of nitrogens with one attached hydrogen (secondary N) is 1. The molecule has 2 amide bonds. The minimum atomic E-state index is -1.02. The Balaban J connectivity index is 1.52. The third kappa shape index (κ3) is 2.91. The van der Waals surface area contributed by atoms with E-state index in [4.69, 9.17) is 4.74 Å². The van der Waals surface area contributed by atoms with E-state index in [2.05, 4.69) is 5.32 Å². The number of amides is 2. The van der Waals surface area contributed by atoms with Crippen molar-refractivity contribution >= 4 is 29.5 Å². The molecule has 3 aliphatic heterocycles. The quantitative estimate of drug-likeness (QED) is 0.756. The number of fused-ring (bicyclic) bond motifs is 2. The average Bonchev–Trinajstić information content (AvgIpc) is 2.75. The number of hydrogen-bond acceptors (Lipinski definition) is 5. The van der Waals surface area contributed by atoms with E-state index >= 15 is 0 Å². The van der Waals surface area contributed by atoms with Gasteiger partial charge in [-0.25, -0.2) is 4.79 Å². The second kappa shape index (κ2) is 6.53. The molecule has 1 aromatic carbocycles. The predicted molar refractivity (Wildman–Crippen MR) is 99.1 cm³/mol. The molecule has 3 heterocycles. The van der Waals surface area contributed by atoms with Gasteiger partial charge in [-0.15, -0.1) is 11.8 Å². The topological polar surface area (TPSA) is 95.9 Å². The van der Waals surface area contributed by atoms with Crippen LogP contribution in [-0.4, -0.2) is 56.6 Å². The van der Waals surface area contributed by atoms with Crippen molar-refractivity contribution in [1.29, 1.82) is 0 Å². The van der Waals surface area contributed by atoms with Crippen LogP contribution in [-0.2, 0) is 25.5 Å². The summed E-state index contributed by atoms with van der Waals surface area (Å²) in [5.74, 6) is -1.71. The van der Waals surface area contributed by atoms with Gasteiger partial charge in [-0.2, -0.15) is 0 Å². The minimum absolute atomic E-state index is 0.347. The molecule has 1 aromatic rings. The second-order valence-corrected chi connectivity index (χ2v) is 9.41. The summed E-state index contributed by atoms with van der Waals surface area (Å²) < 4.78 is 5.16. The molecule has 2 fully saturated rings. The van der Waals surface area contributed by atoms with Crippen molar-refractivity contribution < 1.29 is 24.2 Å². The van der Waals surface area contributed by atoms with E-state index in [1.165, 1.54) is 16.7 Å².